The molecule has 0 aromatic heterocycles. The van der Waals surface area contributed by atoms with Crippen LogP contribution in [-0.4, -0.2) is 25.0 Å². The van der Waals surface area contributed by atoms with Crippen LogP contribution < -0.4 is 20.3 Å². The van der Waals surface area contributed by atoms with Gasteiger partial charge in [-0.1, -0.05) is 23.7 Å². The van der Waals surface area contributed by atoms with Crippen molar-refractivity contribution in [3.63, 3.8) is 0 Å². The van der Waals surface area contributed by atoms with Gasteiger partial charge in [-0.25, -0.2) is 0 Å². The first-order chi connectivity index (χ1) is 12.4. The normalized spacial score (nSPS) is 10.3. The second kappa shape index (κ2) is 9.10. The van der Waals surface area contributed by atoms with Gasteiger partial charge in [0.1, 0.15) is 0 Å². The Morgan fingerprint density at radius 3 is 2.50 bits per heavy atom. The highest BCUT2D eigenvalue weighted by Crippen LogP contribution is 2.28. The standard InChI is InChI=1S/C19H21ClN2O4/c1-12(2)26-16-8-7-14(11-17(16)25-3)19(24)22-21-18(23)10-13-5-4-6-15(20)9-13/h4-9,11-12H,10H2,1-3H3,(H,21,23)(H,22,24). The maximum atomic E-state index is 12.2. The summed E-state index contributed by atoms with van der Waals surface area (Å²) in [6, 6.07) is 11.8. The average molecular weight is 377 g/mol. The van der Waals surface area contributed by atoms with E-state index < -0.39 is 5.91 Å². The van der Waals surface area contributed by atoms with Gasteiger partial charge in [0.25, 0.3) is 5.91 Å². The van der Waals surface area contributed by atoms with Gasteiger partial charge in [-0.3, -0.25) is 20.4 Å². The number of hydrazine groups is 1. The minimum absolute atomic E-state index is 0.0191. The minimum atomic E-state index is -0.459. The number of hydrogen-bond donors (Lipinski definition) is 2. The van der Waals surface area contributed by atoms with Crippen LogP contribution in [0.1, 0.15) is 29.8 Å². The molecule has 0 fully saturated rings. The molecule has 0 saturated carbocycles. The molecule has 0 spiro atoms. The third-order valence-electron chi connectivity index (χ3n) is 3.36. The van der Waals surface area contributed by atoms with Crippen molar-refractivity contribution in [2.45, 2.75) is 26.4 Å². The predicted molar refractivity (Wildman–Crippen MR) is 99.5 cm³/mol. The molecule has 2 rings (SSSR count). The van der Waals surface area contributed by atoms with E-state index in [9.17, 15) is 9.59 Å². The lowest BCUT2D eigenvalue weighted by Gasteiger charge is -2.14. The summed E-state index contributed by atoms with van der Waals surface area (Å²) in [4.78, 5) is 24.2. The van der Waals surface area contributed by atoms with E-state index in [0.717, 1.165) is 5.56 Å². The first-order valence-electron chi connectivity index (χ1n) is 8.07. The fourth-order valence-electron chi connectivity index (χ4n) is 2.24. The van der Waals surface area contributed by atoms with Crippen LogP contribution in [-0.2, 0) is 11.2 Å². The quantitative estimate of drug-likeness (QED) is 0.759. The third kappa shape index (κ3) is 5.67. The van der Waals surface area contributed by atoms with Crippen molar-refractivity contribution in [2.24, 2.45) is 0 Å². The number of benzene rings is 2. The van der Waals surface area contributed by atoms with Gasteiger partial charge < -0.3 is 9.47 Å². The van der Waals surface area contributed by atoms with Crippen LogP contribution in [0.4, 0.5) is 0 Å². The lowest BCUT2D eigenvalue weighted by atomic mass is 10.1. The van der Waals surface area contributed by atoms with E-state index in [0.29, 0.717) is 22.1 Å². The van der Waals surface area contributed by atoms with Gasteiger partial charge in [-0.2, -0.15) is 0 Å². The second-order valence-corrected chi connectivity index (χ2v) is 6.28. The van der Waals surface area contributed by atoms with Gasteiger partial charge in [-0.15, -0.1) is 0 Å². The summed E-state index contributed by atoms with van der Waals surface area (Å²) in [7, 11) is 1.50. The predicted octanol–water partition coefficient (Wildman–Crippen LogP) is 3.14. The lowest BCUT2D eigenvalue weighted by Crippen LogP contribution is -2.42. The Balaban J connectivity index is 1.95. The number of amides is 2. The highest BCUT2D eigenvalue weighted by molar-refractivity contribution is 6.30. The molecule has 0 unspecified atom stereocenters. The van der Waals surface area contributed by atoms with E-state index in [-0.39, 0.29) is 18.4 Å². The second-order valence-electron chi connectivity index (χ2n) is 5.84. The van der Waals surface area contributed by atoms with E-state index >= 15 is 0 Å². The first-order valence-corrected chi connectivity index (χ1v) is 8.45. The summed E-state index contributed by atoms with van der Waals surface area (Å²) >= 11 is 5.89. The highest BCUT2D eigenvalue weighted by atomic mass is 35.5. The van der Waals surface area contributed by atoms with Crippen molar-refractivity contribution in [3.8, 4) is 11.5 Å². The summed E-state index contributed by atoms with van der Waals surface area (Å²) in [6.07, 6.45) is 0.0834. The monoisotopic (exact) mass is 376 g/mol. The fourth-order valence-corrected chi connectivity index (χ4v) is 2.45. The molecule has 2 N–H and O–H groups in total. The van der Waals surface area contributed by atoms with Gasteiger partial charge in [0.2, 0.25) is 5.91 Å². The highest BCUT2D eigenvalue weighted by Gasteiger charge is 2.13. The molecule has 0 atom stereocenters. The number of ether oxygens (including phenoxy) is 2. The third-order valence-corrected chi connectivity index (χ3v) is 3.59. The van der Waals surface area contributed by atoms with E-state index in [4.69, 9.17) is 21.1 Å². The smallest absolute Gasteiger partial charge is 0.269 e. The Morgan fingerprint density at radius 2 is 1.85 bits per heavy atom. The fraction of sp³-hybridized carbons (Fsp3) is 0.263. The van der Waals surface area contributed by atoms with Crippen LogP contribution in [0.2, 0.25) is 5.02 Å². The zero-order valence-electron chi connectivity index (χ0n) is 14.8. The summed E-state index contributed by atoms with van der Waals surface area (Å²) < 4.78 is 10.9. The zero-order valence-corrected chi connectivity index (χ0v) is 15.6. The maximum absolute atomic E-state index is 12.2. The van der Waals surface area contributed by atoms with Crippen molar-refractivity contribution in [1.82, 2.24) is 10.9 Å². The van der Waals surface area contributed by atoms with Crippen LogP contribution in [0.25, 0.3) is 0 Å². The van der Waals surface area contributed by atoms with Crippen LogP contribution in [0.15, 0.2) is 42.5 Å². The number of carbonyl (C=O) groups excluding carboxylic acids is 2. The van der Waals surface area contributed by atoms with E-state index in [1.165, 1.54) is 7.11 Å². The SMILES string of the molecule is COc1cc(C(=O)NNC(=O)Cc2cccc(Cl)c2)ccc1OC(C)C. The number of hydrogen-bond acceptors (Lipinski definition) is 4. The largest absolute Gasteiger partial charge is 0.493 e. The number of nitrogens with one attached hydrogen (secondary N) is 2. The Hall–Kier alpha value is -2.73. The van der Waals surface area contributed by atoms with Gasteiger partial charge in [0.15, 0.2) is 11.5 Å². The summed E-state index contributed by atoms with van der Waals surface area (Å²) in [5.74, 6) is 0.173. The van der Waals surface area contributed by atoms with Gasteiger partial charge in [0, 0.05) is 10.6 Å². The van der Waals surface area contributed by atoms with E-state index in [1.807, 2.05) is 13.8 Å². The number of rotatable bonds is 6. The molecule has 0 bridgehead atoms. The Labute approximate surface area is 157 Å². The Morgan fingerprint density at radius 1 is 1.08 bits per heavy atom. The molecule has 2 aromatic carbocycles. The van der Waals surface area contributed by atoms with Crippen molar-refractivity contribution in [3.05, 3.63) is 58.6 Å². The summed E-state index contributed by atoms with van der Waals surface area (Å²) in [6.45, 7) is 3.80. The molecule has 26 heavy (non-hydrogen) atoms. The molecule has 0 saturated heterocycles. The molecular weight excluding hydrogens is 356 g/mol. The molecule has 0 aliphatic heterocycles. The molecule has 0 heterocycles. The molecule has 6 nitrogen and oxygen atoms in total. The summed E-state index contributed by atoms with van der Waals surface area (Å²) in [5, 5.41) is 0.551. The Bertz CT molecular complexity index is 793. The van der Waals surface area contributed by atoms with Gasteiger partial charge in [-0.05, 0) is 49.7 Å². The summed E-state index contributed by atoms with van der Waals surface area (Å²) in [5.41, 5.74) is 5.84. The Kier molecular flexibility index (Phi) is 6.86. The molecular formula is C19H21ClN2O4. The van der Waals surface area contributed by atoms with E-state index in [2.05, 4.69) is 10.9 Å². The van der Waals surface area contributed by atoms with Crippen LogP contribution in [0, 0.1) is 0 Å². The van der Waals surface area contributed by atoms with Crippen LogP contribution in [0.5, 0.6) is 11.5 Å². The van der Waals surface area contributed by atoms with Crippen molar-refractivity contribution >= 4 is 23.4 Å². The van der Waals surface area contributed by atoms with Gasteiger partial charge >= 0.3 is 0 Å². The molecule has 138 valence electrons. The zero-order chi connectivity index (χ0) is 19.1. The molecule has 0 aliphatic carbocycles. The van der Waals surface area contributed by atoms with Crippen molar-refractivity contribution < 1.29 is 19.1 Å². The van der Waals surface area contributed by atoms with E-state index in [1.54, 1.807) is 42.5 Å². The van der Waals surface area contributed by atoms with Crippen LogP contribution in [0.3, 0.4) is 0 Å². The molecule has 7 heteroatoms. The van der Waals surface area contributed by atoms with Crippen LogP contribution >= 0.6 is 11.6 Å². The lowest BCUT2D eigenvalue weighted by molar-refractivity contribution is -0.121. The van der Waals surface area contributed by atoms with Gasteiger partial charge in [0.05, 0.1) is 19.6 Å². The van der Waals surface area contributed by atoms with Crippen molar-refractivity contribution in [1.29, 1.82) is 0 Å². The molecule has 0 aliphatic rings. The molecule has 2 amide bonds. The first kappa shape index (κ1) is 19.6. The number of methoxy groups -OCH3 is 1. The number of halogens is 1. The average Bonchev–Trinajstić information content (AvgIpc) is 2.59. The minimum Gasteiger partial charge on any atom is -0.493 e. The topological polar surface area (TPSA) is 76.7 Å². The van der Waals surface area contributed by atoms with Crippen molar-refractivity contribution in [2.75, 3.05) is 7.11 Å². The molecule has 0 radical (unpaired) electrons. The molecule has 2 aromatic rings. The number of carbonyl (C=O) groups is 2. The maximum Gasteiger partial charge on any atom is 0.269 e.